The third kappa shape index (κ3) is 5.18. The molecule has 0 unspecified atom stereocenters. The van der Waals surface area contributed by atoms with Crippen molar-refractivity contribution in [1.82, 2.24) is 5.32 Å². The molecule has 0 amide bonds. The summed E-state index contributed by atoms with van der Waals surface area (Å²) in [6, 6.07) is 14.8. The summed E-state index contributed by atoms with van der Waals surface area (Å²) in [5.74, 6) is 0.969. The molecule has 0 aliphatic rings. The molecular weight excluding hydrogens is 326 g/mol. The number of halogens is 1. The monoisotopic (exact) mass is 347 g/mol. The molecule has 0 bridgehead atoms. The molecule has 0 heterocycles. The highest BCUT2D eigenvalue weighted by Crippen LogP contribution is 2.23. The number of nitrogens with one attached hydrogen (secondary N) is 1. The van der Waals surface area contributed by atoms with E-state index in [4.69, 9.17) is 4.74 Å². The molecule has 0 aromatic heterocycles. The number of ether oxygens (including phenoxy) is 1. The Labute approximate surface area is 135 Å². The number of aryl methyl sites for hydroxylation is 1. The van der Waals surface area contributed by atoms with Gasteiger partial charge in [0.2, 0.25) is 0 Å². The molecule has 0 aliphatic heterocycles. The van der Waals surface area contributed by atoms with E-state index in [1.807, 2.05) is 12.1 Å². The van der Waals surface area contributed by atoms with Crippen molar-refractivity contribution in [3.05, 3.63) is 63.6 Å². The average Bonchev–Trinajstić information content (AvgIpc) is 2.46. The van der Waals surface area contributed by atoms with Crippen molar-refractivity contribution in [1.29, 1.82) is 0 Å². The van der Waals surface area contributed by atoms with Crippen LogP contribution in [-0.2, 0) is 13.1 Å². The van der Waals surface area contributed by atoms with E-state index >= 15 is 0 Å². The Morgan fingerprint density at radius 1 is 1.10 bits per heavy atom. The fourth-order valence-corrected chi connectivity index (χ4v) is 2.61. The highest BCUT2D eigenvalue weighted by molar-refractivity contribution is 9.10. The number of hydrogen-bond acceptors (Lipinski definition) is 2. The van der Waals surface area contributed by atoms with E-state index in [1.54, 1.807) is 0 Å². The molecule has 2 aromatic rings. The molecule has 3 heteroatoms. The van der Waals surface area contributed by atoms with Crippen LogP contribution in [0.3, 0.4) is 0 Å². The lowest BCUT2D eigenvalue weighted by atomic mass is 10.1. The van der Waals surface area contributed by atoms with Crippen LogP contribution in [0, 0.1) is 6.92 Å². The largest absolute Gasteiger partial charge is 0.493 e. The van der Waals surface area contributed by atoms with E-state index in [9.17, 15) is 0 Å². The molecule has 0 saturated carbocycles. The summed E-state index contributed by atoms with van der Waals surface area (Å²) in [6.07, 6.45) is 1.02. The highest BCUT2D eigenvalue weighted by atomic mass is 79.9. The second kappa shape index (κ2) is 8.20. The van der Waals surface area contributed by atoms with Crippen molar-refractivity contribution in [2.24, 2.45) is 0 Å². The van der Waals surface area contributed by atoms with Gasteiger partial charge in [0, 0.05) is 23.1 Å². The summed E-state index contributed by atoms with van der Waals surface area (Å²) in [5, 5.41) is 3.49. The van der Waals surface area contributed by atoms with Crippen LogP contribution in [0.2, 0.25) is 0 Å². The first-order valence-electron chi connectivity index (χ1n) is 7.36. The van der Waals surface area contributed by atoms with E-state index in [1.165, 1.54) is 16.7 Å². The van der Waals surface area contributed by atoms with Crippen molar-refractivity contribution in [3.8, 4) is 5.75 Å². The lowest BCUT2D eigenvalue weighted by Crippen LogP contribution is -2.14. The third-order valence-corrected chi connectivity index (χ3v) is 3.70. The van der Waals surface area contributed by atoms with Gasteiger partial charge in [0.25, 0.3) is 0 Å². The minimum atomic E-state index is 0.756. The van der Waals surface area contributed by atoms with Crippen molar-refractivity contribution in [2.45, 2.75) is 33.4 Å². The van der Waals surface area contributed by atoms with Gasteiger partial charge in [-0.2, -0.15) is 0 Å². The Balaban J connectivity index is 1.97. The molecule has 0 atom stereocenters. The molecule has 1 N–H and O–H groups in total. The van der Waals surface area contributed by atoms with E-state index in [0.29, 0.717) is 0 Å². The van der Waals surface area contributed by atoms with Crippen molar-refractivity contribution in [2.75, 3.05) is 6.61 Å². The van der Waals surface area contributed by atoms with Crippen molar-refractivity contribution in [3.63, 3.8) is 0 Å². The van der Waals surface area contributed by atoms with Crippen LogP contribution in [0.5, 0.6) is 5.75 Å². The predicted molar refractivity (Wildman–Crippen MR) is 91.7 cm³/mol. The molecule has 2 nitrogen and oxygen atoms in total. The van der Waals surface area contributed by atoms with Gasteiger partial charge in [0.15, 0.2) is 0 Å². The SMILES string of the molecule is CCCOc1ccc(Br)cc1CNCc1cccc(C)c1. The first-order valence-corrected chi connectivity index (χ1v) is 8.16. The van der Waals surface area contributed by atoms with Crippen LogP contribution >= 0.6 is 15.9 Å². The molecule has 112 valence electrons. The Morgan fingerprint density at radius 3 is 2.71 bits per heavy atom. The van der Waals surface area contributed by atoms with Crippen LogP contribution < -0.4 is 10.1 Å². The normalized spacial score (nSPS) is 10.6. The van der Waals surface area contributed by atoms with Gasteiger partial charge in [0.1, 0.15) is 5.75 Å². The fourth-order valence-electron chi connectivity index (χ4n) is 2.20. The van der Waals surface area contributed by atoms with Crippen LogP contribution in [0.4, 0.5) is 0 Å². The van der Waals surface area contributed by atoms with Crippen molar-refractivity contribution >= 4 is 15.9 Å². The Hall–Kier alpha value is -1.32. The predicted octanol–water partition coefficient (Wildman–Crippen LogP) is 4.84. The molecule has 2 rings (SSSR count). The molecule has 0 saturated heterocycles. The standard InChI is InChI=1S/C18H22BrNO/c1-3-9-21-18-8-7-17(19)11-16(18)13-20-12-15-6-4-5-14(2)10-15/h4-8,10-11,20H,3,9,12-13H2,1-2H3. The van der Waals surface area contributed by atoms with Gasteiger partial charge in [0.05, 0.1) is 6.61 Å². The smallest absolute Gasteiger partial charge is 0.123 e. The maximum absolute atomic E-state index is 5.80. The van der Waals surface area contributed by atoms with Crippen LogP contribution in [0.1, 0.15) is 30.0 Å². The van der Waals surface area contributed by atoms with Gasteiger partial charge in [-0.15, -0.1) is 0 Å². The average molecular weight is 348 g/mol. The summed E-state index contributed by atoms with van der Waals surface area (Å²) < 4.78 is 6.88. The minimum Gasteiger partial charge on any atom is -0.493 e. The zero-order chi connectivity index (χ0) is 15.1. The van der Waals surface area contributed by atoms with Crippen LogP contribution in [-0.4, -0.2) is 6.61 Å². The van der Waals surface area contributed by atoms with Gasteiger partial charge in [-0.05, 0) is 37.1 Å². The number of hydrogen-bond donors (Lipinski definition) is 1. The molecule has 0 aliphatic carbocycles. The second-order valence-electron chi connectivity index (χ2n) is 5.19. The van der Waals surface area contributed by atoms with Crippen LogP contribution in [0.25, 0.3) is 0 Å². The summed E-state index contributed by atoms with van der Waals surface area (Å²) in [4.78, 5) is 0. The third-order valence-electron chi connectivity index (χ3n) is 3.21. The Bertz CT molecular complexity index is 583. The van der Waals surface area contributed by atoms with Gasteiger partial charge >= 0.3 is 0 Å². The van der Waals surface area contributed by atoms with Crippen molar-refractivity contribution < 1.29 is 4.74 Å². The maximum Gasteiger partial charge on any atom is 0.123 e. The first kappa shape index (κ1) is 16.1. The molecule has 2 aromatic carbocycles. The zero-order valence-corrected chi connectivity index (χ0v) is 14.2. The fraction of sp³-hybridized carbons (Fsp3) is 0.333. The molecule has 21 heavy (non-hydrogen) atoms. The Morgan fingerprint density at radius 2 is 1.95 bits per heavy atom. The topological polar surface area (TPSA) is 21.3 Å². The molecule has 0 spiro atoms. The van der Waals surface area contributed by atoms with Gasteiger partial charge in [-0.3, -0.25) is 0 Å². The van der Waals surface area contributed by atoms with E-state index in [2.05, 4.69) is 65.4 Å². The summed E-state index contributed by atoms with van der Waals surface area (Å²) in [5.41, 5.74) is 3.79. The zero-order valence-electron chi connectivity index (χ0n) is 12.7. The minimum absolute atomic E-state index is 0.756. The first-order chi connectivity index (χ1) is 10.2. The lowest BCUT2D eigenvalue weighted by molar-refractivity contribution is 0.313. The highest BCUT2D eigenvalue weighted by Gasteiger charge is 2.04. The molecular formula is C18H22BrNO. The molecule has 0 radical (unpaired) electrons. The van der Waals surface area contributed by atoms with Gasteiger partial charge in [-0.25, -0.2) is 0 Å². The Kier molecular flexibility index (Phi) is 6.27. The van der Waals surface area contributed by atoms with Gasteiger partial charge in [-0.1, -0.05) is 52.7 Å². The van der Waals surface area contributed by atoms with E-state index in [-0.39, 0.29) is 0 Å². The number of rotatable bonds is 7. The van der Waals surface area contributed by atoms with Crippen LogP contribution in [0.15, 0.2) is 46.9 Å². The lowest BCUT2D eigenvalue weighted by Gasteiger charge is -2.12. The maximum atomic E-state index is 5.80. The number of benzene rings is 2. The van der Waals surface area contributed by atoms with Gasteiger partial charge < -0.3 is 10.1 Å². The summed E-state index contributed by atoms with van der Waals surface area (Å²) in [7, 11) is 0. The second-order valence-corrected chi connectivity index (χ2v) is 6.11. The van der Waals surface area contributed by atoms with E-state index in [0.717, 1.165) is 36.3 Å². The van der Waals surface area contributed by atoms with E-state index < -0.39 is 0 Å². The quantitative estimate of drug-likeness (QED) is 0.773. The summed E-state index contributed by atoms with van der Waals surface area (Å²) in [6.45, 7) is 6.66. The summed E-state index contributed by atoms with van der Waals surface area (Å²) >= 11 is 3.53. The molecule has 0 fully saturated rings.